The third kappa shape index (κ3) is 4.24. The maximum atomic E-state index is 12.4. The zero-order chi connectivity index (χ0) is 15.3. The van der Waals surface area contributed by atoms with Crippen LogP contribution >= 0.6 is 0 Å². The molecule has 0 fully saturated rings. The molecule has 0 bridgehead atoms. The molecule has 21 heavy (non-hydrogen) atoms. The van der Waals surface area contributed by atoms with Crippen LogP contribution in [0.3, 0.4) is 0 Å². The largest absolute Gasteiger partial charge is 0.494 e. The summed E-state index contributed by atoms with van der Waals surface area (Å²) in [6.07, 6.45) is -2.06. The molecule has 0 atom stereocenters. The molecular formula is C14H12F3N3O. The van der Waals surface area contributed by atoms with Crippen LogP contribution in [0.2, 0.25) is 0 Å². The number of halogens is 3. The fourth-order valence-corrected chi connectivity index (χ4v) is 1.67. The highest BCUT2D eigenvalue weighted by Gasteiger charge is 2.32. The van der Waals surface area contributed by atoms with Gasteiger partial charge in [0.25, 0.3) is 0 Å². The number of benzene rings is 1. The summed E-state index contributed by atoms with van der Waals surface area (Å²) in [4.78, 5) is 0. The number of hydrogen-bond acceptors (Lipinski definition) is 3. The molecule has 0 aliphatic heterocycles. The van der Waals surface area contributed by atoms with Gasteiger partial charge >= 0.3 is 6.18 Å². The minimum Gasteiger partial charge on any atom is -0.494 e. The predicted molar refractivity (Wildman–Crippen MR) is 68.5 cm³/mol. The maximum absolute atomic E-state index is 12.4. The molecule has 0 radical (unpaired) electrons. The maximum Gasteiger partial charge on any atom is 0.419 e. The summed E-state index contributed by atoms with van der Waals surface area (Å²) in [5.74, 6) is 0.616. The fraction of sp³-hybridized carbons (Fsp3) is 0.286. The number of aromatic nitrogens is 2. The van der Waals surface area contributed by atoms with Crippen molar-refractivity contribution < 1.29 is 17.9 Å². The zero-order valence-electron chi connectivity index (χ0n) is 11.0. The van der Waals surface area contributed by atoms with Gasteiger partial charge in [0.1, 0.15) is 5.75 Å². The van der Waals surface area contributed by atoms with Crippen LogP contribution < -0.4 is 4.74 Å². The molecule has 1 heterocycles. The van der Waals surface area contributed by atoms with E-state index >= 15 is 0 Å². The average molecular weight is 295 g/mol. The Hall–Kier alpha value is -2.49. The van der Waals surface area contributed by atoms with Gasteiger partial charge in [0.05, 0.1) is 30.0 Å². The number of hydrogen-bond donors (Lipinski definition) is 0. The van der Waals surface area contributed by atoms with Crippen LogP contribution in [-0.2, 0) is 12.7 Å². The summed E-state index contributed by atoms with van der Waals surface area (Å²) in [5.41, 5.74) is -0.214. The molecule has 2 rings (SSSR count). The molecule has 0 unspecified atom stereocenters. The van der Waals surface area contributed by atoms with Crippen molar-refractivity contribution in [1.82, 2.24) is 9.78 Å². The number of nitriles is 1. The third-order valence-electron chi connectivity index (χ3n) is 2.74. The van der Waals surface area contributed by atoms with Crippen LogP contribution in [-0.4, -0.2) is 16.4 Å². The summed E-state index contributed by atoms with van der Waals surface area (Å²) in [5, 5.41) is 12.3. The number of ether oxygens (including phenoxy) is 1. The van der Waals surface area contributed by atoms with Gasteiger partial charge in [0.15, 0.2) is 0 Å². The molecule has 0 saturated heterocycles. The summed E-state index contributed by atoms with van der Waals surface area (Å²) >= 11 is 0. The van der Waals surface area contributed by atoms with E-state index in [1.807, 2.05) is 6.07 Å². The normalized spacial score (nSPS) is 11.1. The Bertz CT molecular complexity index is 626. The lowest BCUT2D eigenvalue weighted by molar-refractivity contribution is -0.137. The van der Waals surface area contributed by atoms with Crippen LogP contribution in [0.15, 0.2) is 36.7 Å². The van der Waals surface area contributed by atoms with E-state index in [-0.39, 0.29) is 0 Å². The summed E-state index contributed by atoms with van der Waals surface area (Å²) < 4.78 is 43.8. The highest BCUT2D eigenvalue weighted by atomic mass is 19.4. The van der Waals surface area contributed by atoms with Gasteiger partial charge in [0.2, 0.25) is 0 Å². The monoisotopic (exact) mass is 295 g/mol. The molecule has 0 amide bonds. The summed E-state index contributed by atoms with van der Waals surface area (Å²) in [6.45, 7) is 0.694. The van der Waals surface area contributed by atoms with E-state index in [4.69, 9.17) is 10.00 Å². The first kappa shape index (κ1) is 14.9. The van der Waals surface area contributed by atoms with Crippen LogP contribution in [0, 0.1) is 11.3 Å². The van der Waals surface area contributed by atoms with Crippen molar-refractivity contribution in [2.24, 2.45) is 0 Å². The molecule has 4 nitrogen and oxygen atoms in total. The number of nitrogens with zero attached hydrogens (tertiary/aromatic N) is 3. The number of aryl methyl sites for hydroxylation is 1. The van der Waals surface area contributed by atoms with E-state index in [9.17, 15) is 13.2 Å². The Kier molecular flexibility index (Phi) is 4.48. The quantitative estimate of drug-likeness (QED) is 0.796. The van der Waals surface area contributed by atoms with Crippen LogP contribution in [0.25, 0.3) is 0 Å². The minimum atomic E-state index is -4.36. The fourth-order valence-electron chi connectivity index (χ4n) is 1.67. The average Bonchev–Trinajstić information content (AvgIpc) is 2.93. The lowest BCUT2D eigenvalue weighted by atomic mass is 10.2. The van der Waals surface area contributed by atoms with Gasteiger partial charge in [0, 0.05) is 19.2 Å². The Labute approximate surface area is 119 Å². The van der Waals surface area contributed by atoms with Gasteiger partial charge in [-0.2, -0.15) is 23.5 Å². The Morgan fingerprint density at radius 1 is 1.24 bits per heavy atom. The number of rotatable bonds is 5. The topological polar surface area (TPSA) is 50.8 Å². The van der Waals surface area contributed by atoms with E-state index in [2.05, 4.69) is 5.10 Å². The SMILES string of the molecule is N#Cc1ccc(OCCCn2cc(C(F)(F)F)cn2)cc1. The van der Waals surface area contributed by atoms with Crippen molar-refractivity contribution in [3.63, 3.8) is 0 Å². The number of alkyl halides is 3. The van der Waals surface area contributed by atoms with E-state index < -0.39 is 11.7 Å². The smallest absolute Gasteiger partial charge is 0.419 e. The van der Waals surface area contributed by atoms with Crippen molar-refractivity contribution in [2.45, 2.75) is 19.1 Å². The lowest BCUT2D eigenvalue weighted by Gasteiger charge is -2.06. The molecule has 2 aromatic rings. The van der Waals surface area contributed by atoms with Gasteiger partial charge in [-0.25, -0.2) is 0 Å². The molecule has 0 aliphatic carbocycles. The predicted octanol–water partition coefficient (Wildman–Crippen LogP) is 3.24. The summed E-state index contributed by atoms with van der Waals surface area (Å²) in [6, 6.07) is 8.62. The lowest BCUT2D eigenvalue weighted by Crippen LogP contribution is -2.06. The Morgan fingerprint density at radius 3 is 2.52 bits per heavy atom. The molecule has 1 aromatic carbocycles. The van der Waals surface area contributed by atoms with Crippen LogP contribution in [0.1, 0.15) is 17.5 Å². The Morgan fingerprint density at radius 2 is 1.95 bits per heavy atom. The van der Waals surface area contributed by atoms with Gasteiger partial charge in [-0.3, -0.25) is 4.68 Å². The van der Waals surface area contributed by atoms with Gasteiger partial charge in [-0.1, -0.05) is 0 Å². The second kappa shape index (κ2) is 6.31. The van der Waals surface area contributed by atoms with Crippen molar-refractivity contribution in [1.29, 1.82) is 5.26 Å². The second-order valence-electron chi connectivity index (χ2n) is 4.33. The Balaban J connectivity index is 1.77. The molecule has 0 spiro atoms. The van der Waals surface area contributed by atoms with Crippen LogP contribution in [0.4, 0.5) is 13.2 Å². The van der Waals surface area contributed by atoms with E-state index in [0.29, 0.717) is 30.9 Å². The van der Waals surface area contributed by atoms with Crippen LogP contribution in [0.5, 0.6) is 5.75 Å². The van der Waals surface area contributed by atoms with Gasteiger partial charge < -0.3 is 4.74 Å². The van der Waals surface area contributed by atoms with Crippen molar-refractivity contribution in [3.8, 4) is 11.8 Å². The zero-order valence-corrected chi connectivity index (χ0v) is 11.0. The summed E-state index contributed by atoms with van der Waals surface area (Å²) in [7, 11) is 0. The molecule has 0 saturated carbocycles. The minimum absolute atomic E-state index is 0.340. The first-order valence-electron chi connectivity index (χ1n) is 6.21. The molecule has 0 aliphatic rings. The highest BCUT2D eigenvalue weighted by molar-refractivity contribution is 5.34. The van der Waals surface area contributed by atoms with Crippen molar-refractivity contribution in [2.75, 3.05) is 6.61 Å². The first-order chi connectivity index (χ1) is 9.99. The van der Waals surface area contributed by atoms with E-state index in [1.54, 1.807) is 24.3 Å². The standard InChI is InChI=1S/C14H12F3N3O/c15-14(16,17)12-9-19-20(10-12)6-1-7-21-13-4-2-11(8-18)3-5-13/h2-5,9-10H,1,6-7H2. The second-order valence-corrected chi connectivity index (χ2v) is 4.33. The molecule has 0 N–H and O–H groups in total. The van der Waals surface area contributed by atoms with Gasteiger partial charge in [-0.15, -0.1) is 0 Å². The molecule has 110 valence electrons. The highest BCUT2D eigenvalue weighted by Crippen LogP contribution is 2.28. The molecule has 7 heteroatoms. The van der Waals surface area contributed by atoms with E-state index in [0.717, 1.165) is 12.4 Å². The molecule has 1 aromatic heterocycles. The third-order valence-corrected chi connectivity index (χ3v) is 2.74. The van der Waals surface area contributed by atoms with Crippen molar-refractivity contribution in [3.05, 3.63) is 47.8 Å². The van der Waals surface area contributed by atoms with E-state index in [1.165, 1.54) is 4.68 Å². The molecular weight excluding hydrogens is 283 g/mol. The van der Waals surface area contributed by atoms with Crippen molar-refractivity contribution >= 4 is 0 Å². The van der Waals surface area contributed by atoms with Gasteiger partial charge in [-0.05, 0) is 24.3 Å². The first-order valence-corrected chi connectivity index (χ1v) is 6.21.